The van der Waals surface area contributed by atoms with Gasteiger partial charge in [-0.2, -0.15) is 0 Å². The van der Waals surface area contributed by atoms with Gasteiger partial charge in [-0.1, -0.05) is 50.1 Å². The molecule has 1 aromatic carbocycles. The van der Waals surface area contributed by atoms with Crippen molar-refractivity contribution >= 4 is 34.7 Å². The van der Waals surface area contributed by atoms with Crippen LogP contribution in [0.5, 0.6) is 0 Å². The number of benzene rings is 1. The number of unbranched alkanes of at least 4 members (excludes halogenated alkanes) is 3. The van der Waals surface area contributed by atoms with Crippen molar-refractivity contribution in [2.75, 3.05) is 12.3 Å². The summed E-state index contributed by atoms with van der Waals surface area (Å²) >= 11 is 1.36. The van der Waals surface area contributed by atoms with Crippen molar-refractivity contribution in [2.24, 2.45) is 0 Å². The van der Waals surface area contributed by atoms with Gasteiger partial charge >= 0.3 is 6.03 Å². The maximum atomic E-state index is 11.9. The largest absolute Gasteiger partial charge is 0.338 e. The number of hydrogen-bond acceptors (Lipinski definition) is 4. The van der Waals surface area contributed by atoms with Crippen molar-refractivity contribution in [3.8, 4) is 0 Å². The monoisotopic (exact) mass is 362 g/mol. The van der Waals surface area contributed by atoms with Gasteiger partial charge in [0.15, 0.2) is 5.16 Å². The maximum absolute atomic E-state index is 11.9. The zero-order valence-corrected chi connectivity index (χ0v) is 15.7. The lowest BCUT2D eigenvalue weighted by Crippen LogP contribution is -2.40. The number of hydrogen-bond donors (Lipinski definition) is 2. The zero-order valence-electron chi connectivity index (χ0n) is 14.9. The smallest absolute Gasteiger partial charge is 0.321 e. The molecule has 0 atom stereocenters. The van der Waals surface area contributed by atoms with E-state index < -0.39 is 6.03 Å². The third-order valence-corrected chi connectivity index (χ3v) is 4.75. The molecule has 25 heavy (non-hydrogen) atoms. The number of aryl methyl sites for hydroxylation is 1. The average molecular weight is 362 g/mol. The summed E-state index contributed by atoms with van der Waals surface area (Å²) in [4.78, 5) is 27.9. The third kappa shape index (κ3) is 5.77. The van der Waals surface area contributed by atoms with Gasteiger partial charge in [-0.15, -0.1) is 0 Å². The Hall–Kier alpha value is -2.02. The van der Waals surface area contributed by atoms with Crippen LogP contribution in [0.15, 0.2) is 29.4 Å². The molecule has 0 radical (unpaired) electrons. The number of nitrogens with one attached hydrogen (secondary N) is 2. The van der Waals surface area contributed by atoms with Gasteiger partial charge in [0.2, 0.25) is 5.91 Å². The number of fused-ring (bicyclic) bond motifs is 1. The summed E-state index contributed by atoms with van der Waals surface area (Å²) < 4.78 is 2.18. The number of rotatable bonds is 9. The molecule has 0 unspecified atom stereocenters. The first-order valence-corrected chi connectivity index (χ1v) is 9.80. The van der Waals surface area contributed by atoms with Gasteiger partial charge in [0, 0.05) is 13.1 Å². The van der Waals surface area contributed by atoms with Crippen LogP contribution in [0.3, 0.4) is 0 Å². The minimum atomic E-state index is -0.457. The van der Waals surface area contributed by atoms with Gasteiger partial charge in [-0.3, -0.25) is 10.1 Å². The Morgan fingerprint density at radius 1 is 1.16 bits per heavy atom. The van der Waals surface area contributed by atoms with Gasteiger partial charge in [0.25, 0.3) is 0 Å². The minimum Gasteiger partial charge on any atom is -0.338 e. The zero-order chi connectivity index (χ0) is 18.1. The van der Waals surface area contributed by atoms with Crippen LogP contribution in [-0.2, 0) is 11.3 Å². The van der Waals surface area contributed by atoms with Crippen molar-refractivity contribution in [3.05, 3.63) is 24.3 Å². The summed E-state index contributed by atoms with van der Waals surface area (Å²) in [5.41, 5.74) is 2.02. The van der Waals surface area contributed by atoms with Crippen molar-refractivity contribution in [1.82, 2.24) is 20.2 Å². The Balaban J connectivity index is 2.03. The van der Waals surface area contributed by atoms with Crippen molar-refractivity contribution in [1.29, 1.82) is 0 Å². The van der Waals surface area contributed by atoms with Crippen LogP contribution in [0.4, 0.5) is 4.79 Å². The second kappa shape index (κ2) is 10.1. The normalized spacial score (nSPS) is 10.8. The van der Waals surface area contributed by atoms with Crippen LogP contribution in [-0.4, -0.2) is 33.8 Å². The number of carbonyl (C=O) groups is 2. The Kier molecular flexibility index (Phi) is 7.78. The summed E-state index contributed by atoms with van der Waals surface area (Å²) in [6, 6.07) is 7.55. The number of imide groups is 1. The molecule has 0 bridgehead atoms. The highest BCUT2D eigenvalue weighted by atomic mass is 32.2. The number of para-hydroxylation sites is 2. The van der Waals surface area contributed by atoms with Gasteiger partial charge in [0.1, 0.15) is 0 Å². The second-order valence-electron chi connectivity index (χ2n) is 5.79. The van der Waals surface area contributed by atoms with E-state index in [1.165, 1.54) is 31.0 Å². The molecule has 2 aromatic rings. The molecule has 6 nitrogen and oxygen atoms in total. The SMILES string of the molecule is CCCCCCn1c(SCC(=O)NC(=O)NCC)nc2ccccc21. The van der Waals surface area contributed by atoms with E-state index in [9.17, 15) is 9.59 Å². The molecule has 0 aliphatic rings. The van der Waals surface area contributed by atoms with E-state index >= 15 is 0 Å². The standard InChI is InChI=1S/C18H26N4O2S/c1-3-5-6-9-12-22-15-11-8-7-10-14(15)20-18(22)25-13-16(23)21-17(24)19-4-2/h7-8,10-11H,3-6,9,12-13H2,1-2H3,(H2,19,21,23,24). The molecule has 3 amide bonds. The molecule has 7 heteroatoms. The number of thioether (sulfide) groups is 1. The van der Waals surface area contributed by atoms with Crippen molar-refractivity contribution in [2.45, 2.75) is 51.2 Å². The fourth-order valence-electron chi connectivity index (χ4n) is 2.57. The molecule has 0 fully saturated rings. The van der Waals surface area contributed by atoms with Crippen molar-refractivity contribution < 1.29 is 9.59 Å². The number of nitrogens with zero attached hydrogens (tertiary/aromatic N) is 2. The molecule has 2 N–H and O–H groups in total. The fraction of sp³-hybridized carbons (Fsp3) is 0.500. The van der Waals surface area contributed by atoms with Crippen molar-refractivity contribution in [3.63, 3.8) is 0 Å². The molecular formula is C18H26N4O2S. The van der Waals surface area contributed by atoms with Gasteiger partial charge in [0.05, 0.1) is 16.8 Å². The van der Waals surface area contributed by atoms with E-state index in [0.29, 0.717) is 6.54 Å². The Morgan fingerprint density at radius 3 is 2.72 bits per heavy atom. The van der Waals surface area contributed by atoms with E-state index in [4.69, 9.17) is 0 Å². The first kappa shape index (κ1) is 19.3. The molecule has 1 aromatic heterocycles. The number of amides is 3. The van der Waals surface area contributed by atoms with E-state index in [2.05, 4.69) is 33.2 Å². The molecule has 136 valence electrons. The minimum absolute atomic E-state index is 0.162. The summed E-state index contributed by atoms with van der Waals surface area (Å²) in [6.45, 7) is 5.38. The quantitative estimate of drug-likeness (QED) is 0.528. The van der Waals surface area contributed by atoms with Crippen LogP contribution in [0.2, 0.25) is 0 Å². The lowest BCUT2D eigenvalue weighted by Gasteiger charge is -2.09. The first-order chi connectivity index (χ1) is 12.2. The van der Waals surface area contributed by atoms with Crippen LogP contribution in [0, 0.1) is 0 Å². The molecule has 0 spiro atoms. The summed E-state index contributed by atoms with van der Waals surface area (Å²) in [7, 11) is 0. The molecule has 0 saturated carbocycles. The molecule has 2 rings (SSSR count). The van der Waals surface area contributed by atoms with E-state index in [0.717, 1.165) is 29.2 Å². The molecule has 0 aliphatic carbocycles. The topological polar surface area (TPSA) is 76.0 Å². The molecule has 1 heterocycles. The number of aromatic nitrogens is 2. The predicted molar refractivity (Wildman–Crippen MR) is 102 cm³/mol. The van der Waals surface area contributed by atoms with Crippen LogP contribution in [0.25, 0.3) is 11.0 Å². The van der Waals surface area contributed by atoms with E-state index in [-0.39, 0.29) is 11.7 Å². The Labute approximate surface area is 152 Å². The van der Waals surface area contributed by atoms with Gasteiger partial charge < -0.3 is 9.88 Å². The van der Waals surface area contributed by atoms with Gasteiger partial charge in [-0.25, -0.2) is 9.78 Å². The van der Waals surface area contributed by atoms with E-state index in [1.807, 2.05) is 18.2 Å². The van der Waals surface area contributed by atoms with Crippen LogP contribution in [0.1, 0.15) is 39.5 Å². The molecule has 0 aliphatic heterocycles. The highest BCUT2D eigenvalue weighted by Gasteiger charge is 2.13. The average Bonchev–Trinajstić information content (AvgIpc) is 2.95. The molecule has 0 saturated heterocycles. The number of carbonyl (C=O) groups excluding carboxylic acids is 2. The predicted octanol–water partition coefficient (Wildman–Crippen LogP) is 3.55. The van der Waals surface area contributed by atoms with Gasteiger partial charge in [-0.05, 0) is 25.5 Å². The lowest BCUT2D eigenvalue weighted by atomic mass is 10.2. The second-order valence-corrected chi connectivity index (χ2v) is 6.73. The fourth-order valence-corrected chi connectivity index (χ4v) is 3.41. The van der Waals surface area contributed by atoms with Crippen LogP contribution >= 0.6 is 11.8 Å². The lowest BCUT2D eigenvalue weighted by molar-refractivity contribution is -0.117. The summed E-state index contributed by atoms with van der Waals surface area (Å²) in [6.07, 6.45) is 4.70. The molecular weight excluding hydrogens is 336 g/mol. The third-order valence-electron chi connectivity index (χ3n) is 3.78. The summed E-state index contributed by atoms with van der Waals surface area (Å²) in [5, 5.41) is 5.69. The Morgan fingerprint density at radius 2 is 1.96 bits per heavy atom. The summed E-state index contributed by atoms with van der Waals surface area (Å²) in [5.74, 6) is -0.157. The number of imidazole rings is 1. The van der Waals surface area contributed by atoms with E-state index in [1.54, 1.807) is 6.92 Å². The Bertz CT molecular complexity index is 714. The number of urea groups is 1. The highest BCUT2D eigenvalue weighted by Crippen LogP contribution is 2.24. The first-order valence-electron chi connectivity index (χ1n) is 8.81. The van der Waals surface area contributed by atoms with Crippen LogP contribution < -0.4 is 10.6 Å². The highest BCUT2D eigenvalue weighted by molar-refractivity contribution is 7.99. The maximum Gasteiger partial charge on any atom is 0.321 e.